The van der Waals surface area contributed by atoms with Crippen molar-refractivity contribution in [2.24, 2.45) is 0 Å². The summed E-state index contributed by atoms with van der Waals surface area (Å²) in [6.45, 7) is 2.70. The van der Waals surface area contributed by atoms with E-state index in [0.29, 0.717) is 12.1 Å². The summed E-state index contributed by atoms with van der Waals surface area (Å²) in [6, 6.07) is 17.6. The first-order valence-electron chi connectivity index (χ1n) is 8.50. The zero-order valence-electron chi connectivity index (χ0n) is 14.5. The fourth-order valence-corrected chi connectivity index (χ4v) is 2.65. The third-order valence-electron chi connectivity index (χ3n) is 4.07. The SMILES string of the molecule is CCCc1ccc(C(=O)CCC(=O)N(C)Cc2ccccc2)cc1. The van der Waals surface area contributed by atoms with E-state index < -0.39 is 0 Å². The highest BCUT2D eigenvalue weighted by molar-refractivity contribution is 5.97. The molecule has 0 bridgehead atoms. The molecule has 0 saturated heterocycles. The predicted octanol–water partition coefficient (Wildman–Crippen LogP) is 4.26. The summed E-state index contributed by atoms with van der Waals surface area (Å²) in [5, 5.41) is 0. The number of aryl methyl sites for hydroxylation is 1. The lowest BCUT2D eigenvalue weighted by molar-refractivity contribution is -0.130. The fourth-order valence-electron chi connectivity index (χ4n) is 2.65. The first-order chi connectivity index (χ1) is 11.6. The van der Waals surface area contributed by atoms with Gasteiger partial charge in [-0.15, -0.1) is 0 Å². The largest absolute Gasteiger partial charge is 0.341 e. The number of hydrogen-bond acceptors (Lipinski definition) is 2. The number of carbonyl (C=O) groups excluding carboxylic acids is 2. The van der Waals surface area contributed by atoms with Crippen LogP contribution in [0.3, 0.4) is 0 Å². The highest BCUT2D eigenvalue weighted by atomic mass is 16.2. The van der Waals surface area contributed by atoms with Gasteiger partial charge in [-0.05, 0) is 17.5 Å². The minimum absolute atomic E-state index is 0.00481. The second-order valence-electron chi connectivity index (χ2n) is 6.11. The Labute approximate surface area is 144 Å². The van der Waals surface area contributed by atoms with Crippen molar-refractivity contribution in [1.29, 1.82) is 0 Å². The van der Waals surface area contributed by atoms with Crippen LogP contribution in [0.2, 0.25) is 0 Å². The molecule has 0 N–H and O–H groups in total. The van der Waals surface area contributed by atoms with E-state index in [1.807, 2.05) is 54.6 Å². The van der Waals surface area contributed by atoms with Gasteiger partial charge in [0, 0.05) is 32.0 Å². The summed E-state index contributed by atoms with van der Waals surface area (Å²) in [5.41, 5.74) is 3.02. The molecule has 0 atom stereocenters. The minimum atomic E-state index is -0.00481. The van der Waals surface area contributed by atoms with Gasteiger partial charge in [0.25, 0.3) is 0 Å². The second-order valence-corrected chi connectivity index (χ2v) is 6.11. The first-order valence-corrected chi connectivity index (χ1v) is 8.50. The highest BCUT2D eigenvalue weighted by Crippen LogP contribution is 2.11. The Morgan fingerprint density at radius 1 is 0.875 bits per heavy atom. The van der Waals surface area contributed by atoms with Crippen LogP contribution in [0.5, 0.6) is 0 Å². The Balaban J connectivity index is 1.83. The molecule has 0 spiro atoms. The lowest BCUT2D eigenvalue weighted by Crippen LogP contribution is -2.26. The van der Waals surface area contributed by atoms with Crippen LogP contribution in [0.4, 0.5) is 0 Å². The van der Waals surface area contributed by atoms with Gasteiger partial charge in [-0.25, -0.2) is 0 Å². The summed E-state index contributed by atoms with van der Waals surface area (Å²) in [7, 11) is 1.78. The van der Waals surface area contributed by atoms with Crippen molar-refractivity contribution in [3.05, 3.63) is 71.3 Å². The Morgan fingerprint density at radius 2 is 1.54 bits per heavy atom. The van der Waals surface area contributed by atoms with Crippen LogP contribution in [0.15, 0.2) is 54.6 Å². The van der Waals surface area contributed by atoms with Crippen molar-refractivity contribution in [3.63, 3.8) is 0 Å². The Kier molecular flexibility index (Phi) is 6.74. The molecule has 0 aliphatic heterocycles. The van der Waals surface area contributed by atoms with Crippen LogP contribution < -0.4 is 0 Å². The van der Waals surface area contributed by atoms with Gasteiger partial charge < -0.3 is 4.90 Å². The lowest BCUT2D eigenvalue weighted by atomic mass is 10.0. The van der Waals surface area contributed by atoms with Crippen molar-refractivity contribution in [2.45, 2.75) is 39.2 Å². The van der Waals surface area contributed by atoms with Gasteiger partial charge in [-0.1, -0.05) is 67.9 Å². The van der Waals surface area contributed by atoms with Gasteiger partial charge in [-0.2, -0.15) is 0 Å². The topological polar surface area (TPSA) is 37.4 Å². The van der Waals surface area contributed by atoms with Crippen LogP contribution >= 0.6 is 0 Å². The first kappa shape index (κ1) is 17.9. The number of amides is 1. The van der Waals surface area contributed by atoms with Crippen molar-refractivity contribution < 1.29 is 9.59 Å². The molecule has 3 heteroatoms. The van der Waals surface area contributed by atoms with E-state index in [0.717, 1.165) is 18.4 Å². The molecule has 24 heavy (non-hydrogen) atoms. The number of ketones is 1. The van der Waals surface area contributed by atoms with E-state index in [-0.39, 0.29) is 24.5 Å². The van der Waals surface area contributed by atoms with E-state index in [9.17, 15) is 9.59 Å². The molecule has 0 heterocycles. The third kappa shape index (κ3) is 5.34. The van der Waals surface area contributed by atoms with Crippen LogP contribution in [-0.2, 0) is 17.8 Å². The number of rotatable bonds is 8. The summed E-state index contributed by atoms with van der Waals surface area (Å²) >= 11 is 0. The van der Waals surface area contributed by atoms with E-state index in [4.69, 9.17) is 0 Å². The third-order valence-corrected chi connectivity index (χ3v) is 4.07. The quantitative estimate of drug-likeness (QED) is 0.681. The molecular weight excluding hydrogens is 298 g/mol. The van der Waals surface area contributed by atoms with Crippen LogP contribution in [-0.4, -0.2) is 23.6 Å². The normalized spacial score (nSPS) is 10.4. The molecule has 0 fully saturated rings. The molecule has 3 nitrogen and oxygen atoms in total. The molecule has 1 amide bonds. The standard InChI is InChI=1S/C21H25NO2/c1-3-7-17-10-12-19(13-11-17)20(23)14-15-21(24)22(2)16-18-8-5-4-6-9-18/h4-6,8-13H,3,7,14-16H2,1-2H3. The molecule has 0 aliphatic rings. The van der Waals surface area contributed by atoms with Gasteiger partial charge >= 0.3 is 0 Å². The van der Waals surface area contributed by atoms with Crippen molar-refractivity contribution in [2.75, 3.05) is 7.05 Å². The van der Waals surface area contributed by atoms with Crippen molar-refractivity contribution >= 4 is 11.7 Å². The monoisotopic (exact) mass is 323 g/mol. The minimum Gasteiger partial charge on any atom is -0.341 e. The molecule has 126 valence electrons. The zero-order valence-corrected chi connectivity index (χ0v) is 14.5. The number of Topliss-reactive ketones (excluding diaryl/α,β-unsaturated/α-hetero) is 1. The molecule has 0 unspecified atom stereocenters. The Bertz CT molecular complexity index is 662. The maximum absolute atomic E-state index is 12.2. The van der Waals surface area contributed by atoms with Crippen LogP contribution in [0.25, 0.3) is 0 Å². The van der Waals surface area contributed by atoms with Gasteiger partial charge in [0.05, 0.1) is 0 Å². The van der Waals surface area contributed by atoms with Gasteiger partial charge in [0.1, 0.15) is 0 Å². The van der Waals surface area contributed by atoms with Crippen LogP contribution in [0, 0.1) is 0 Å². The number of nitrogens with zero attached hydrogens (tertiary/aromatic N) is 1. The summed E-state index contributed by atoms with van der Waals surface area (Å²) in [6.07, 6.45) is 2.62. The Hall–Kier alpha value is -2.42. The average molecular weight is 323 g/mol. The highest BCUT2D eigenvalue weighted by Gasteiger charge is 2.13. The van der Waals surface area contributed by atoms with Crippen LogP contribution in [0.1, 0.15) is 47.7 Å². The maximum Gasteiger partial charge on any atom is 0.223 e. The van der Waals surface area contributed by atoms with Crippen molar-refractivity contribution in [3.8, 4) is 0 Å². The summed E-state index contributed by atoms with van der Waals surface area (Å²) in [4.78, 5) is 26.1. The zero-order chi connectivity index (χ0) is 17.4. The molecular formula is C21H25NO2. The molecule has 2 aromatic carbocycles. The van der Waals surface area contributed by atoms with Gasteiger partial charge in [0.2, 0.25) is 5.91 Å². The molecule has 2 rings (SSSR count). The maximum atomic E-state index is 12.2. The molecule has 0 radical (unpaired) electrons. The van der Waals surface area contributed by atoms with Crippen molar-refractivity contribution in [1.82, 2.24) is 4.90 Å². The van der Waals surface area contributed by atoms with E-state index >= 15 is 0 Å². The fraction of sp³-hybridized carbons (Fsp3) is 0.333. The molecule has 0 aromatic heterocycles. The van der Waals surface area contributed by atoms with Gasteiger partial charge in [-0.3, -0.25) is 9.59 Å². The second kappa shape index (κ2) is 9.02. The summed E-state index contributed by atoms with van der Waals surface area (Å²) < 4.78 is 0. The Morgan fingerprint density at radius 3 is 2.17 bits per heavy atom. The average Bonchev–Trinajstić information content (AvgIpc) is 2.61. The number of benzene rings is 2. The molecule has 0 saturated carbocycles. The summed E-state index contributed by atoms with van der Waals surface area (Å²) in [5.74, 6) is 0.0225. The van der Waals surface area contributed by atoms with E-state index in [2.05, 4.69) is 6.92 Å². The number of hydrogen-bond donors (Lipinski definition) is 0. The molecule has 0 aliphatic carbocycles. The molecule has 2 aromatic rings. The number of carbonyl (C=O) groups is 2. The lowest BCUT2D eigenvalue weighted by Gasteiger charge is -2.17. The van der Waals surface area contributed by atoms with E-state index in [1.54, 1.807) is 11.9 Å². The van der Waals surface area contributed by atoms with Gasteiger partial charge in [0.15, 0.2) is 5.78 Å². The van der Waals surface area contributed by atoms with E-state index in [1.165, 1.54) is 5.56 Å². The predicted molar refractivity (Wildman–Crippen MR) is 96.9 cm³/mol. The smallest absolute Gasteiger partial charge is 0.223 e.